The first-order valence-electron chi connectivity index (χ1n) is 7.67. The fraction of sp³-hybridized carbons (Fsp3) is 0.600. The lowest BCUT2D eigenvalue weighted by Crippen LogP contribution is -2.26. The Bertz CT molecular complexity index is 589. The van der Waals surface area contributed by atoms with Crippen molar-refractivity contribution < 1.29 is 4.74 Å². The van der Waals surface area contributed by atoms with Crippen molar-refractivity contribution in [3.05, 3.63) is 34.0 Å². The number of thiophene rings is 1. The quantitative estimate of drug-likeness (QED) is 0.872. The van der Waals surface area contributed by atoms with Crippen LogP contribution in [0, 0.1) is 0 Å². The minimum absolute atomic E-state index is 0.162. The Morgan fingerprint density at radius 2 is 2.29 bits per heavy atom. The summed E-state index contributed by atoms with van der Waals surface area (Å²) in [6.45, 7) is 4.98. The molecule has 0 aromatic carbocycles. The highest BCUT2D eigenvalue weighted by Gasteiger charge is 2.26. The number of hydrogen-bond acceptors (Lipinski definition) is 5. The SMILES string of the molecule is c1cc(CN2CCc3nnc([C@H]4CCCO4)n3CC2)cs1. The van der Waals surface area contributed by atoms with Crippen LogP contribution < -0.4 is 0 Å². The molecule has 0 spiro atoms. The Kier molecular flexibility index (Phi) is 3.75. The summed E-state index contributed by atoms with van der Waals surface area (Å²) < 4.78 is 8.08. The van der Waals surface area contributed by atoms with Gasteiger partial charge in [0.25, 0.3) is 0 Å². The molecule has 2 aromatic heterocycles. The first-order valence-corrected chi connectivity index (χ1v) is 8.61. The fourth-order valence-corrected chi connectivity index (χ4v) is 3.87. The minimum atomic E-state index is 0.162. The molecule has 4 rings (SSSR count). The highest BCUT2D eigenvalue weighted by atomic mass is 32.1. The smallest absolute Gasteiger partial charge is 0.162 e. The van der Waals surface area contributed by atoms with E-state index >= 15 is 0 Å². The van der Waals surface area contributed by atoms with Gasteiger partial charge in [-0.3, -0.25) is 4.90 Å². The zero-order chi connectivity index (χ0) is 14.1. The molecule has 2 aliphatic rings. The second-order valence-corrected chi connectivity index (χ2v) is 6.57. The van der Waals surface area contributed by atoms with Crippen molar-refractivity contribution in [3.63, 3.8) is 0 Å². The summed E-state index contributed by atoms with van der Waals surface area (Å²) in [7, 11) is 0. The zero-order valence-electron chi connectivity index (χ0n) is 12.1. The maximum atomic E-state index is 5.78. The molecule has 0 unspecified atom stereocenters. The van der Waals surface area contributed by atoms with E-state index in [-0.39, 0.29) is 6.10 Å². The van der Waals surface area contributed by atoms with Crippen LogP contribution in [0.4, 0.5) is 0 Å². The Balaban J connectivity index is 1.47. The molecule has 0 radical (unpaired) electrons. The molecule has 2 aliphatic heterocycles. The topological polar surface area (TPSA) is 43.2 Å². The van der Waals surface area contributed by atoms with Crippen molar-refractivity contribution >= 4 is 11.3 Å². The van der Waals surface area contributed by atoms with Crippen molar-refractivity contribution in [1.82, 2.24) is 19.7 Å². The van der Waals surface area contributed by atoms with Gasteiger partial charge in [0.2, 0.25) is 0 Å². The Morgan fingerprint density at radius 1 is 1.29 bits per heavy atom. The van der Waals surface area contributed by atoms with Gasteiger partial charge in [-0.25, -0.2) is 0 Å². The van der Waals surface area contributed by atoms with Crippen LogP contribution in [0.2, 0.25) is 0 Å². The normalized spacial score (nSPS) is 23.1. The maximum Gasteiger partial charge on any atom is 0.162 e. The van der Waals surface area contributed by atoms with Crippen molar-refractivity contribution in [2.45, 2.75) is 38.5 Å². The molecule has 0 N–H and O–H groups in total. The van der Waals surface area contributed by atoms with E-state index in [2.05, 4.69) is 36.5 Å². The van der Waals surface area contributed by atoms with Gasteiger partial charge < -0.3 is 9.30 Å². The van der Waals surface area contributed by atoms with Gasteiger partial charge in [-0.05, 0) is 35.2 Å². The van der Waals surface area contributed by atoms with Crippen LogP contribution in [0.25, 0.3) is 0 Å². The molecule has 0 aliphatic carbocycles. The molecule has 1 fully saturated rings. The van der Waals surface area contributed by atoms with Gasteiger partial charge in [0.15, 0.2) is 5.82 Å². The van der Waals surface area contributed by atoms with Crippen LogP contribution in [0.3, 0.4) is 0 Å². The second kappa shape index (κ2) is 5.87. The average Bonchev–Trinajstić information content (AvgIpc) is 3.21. The first-order chi connectivity index (χ1) is 10.4. The minimum Gasteiger partial charge on any atom is -0.370 e. The number of hydrogen-bond donors (Lipinski definition) is 0. The molecular weight excluding hydrogens is 284 g/mol. The van der Waals surface area contributed by atoms with Crippen molar-refractivity contribution in [1.29, 1.82) is 0 Å². The summed E-state index contributed by atoms with van der Waals surface area (Å²) in [5.41, 5.74) is 1.41. The van der Waals surface area contributed by atoms with Crippen LogP contribution >= 0.6 is 11.3 Å². The van der Waals surface area contributed by atoms with E-state index in [0.29, 0.717) is 0 Å². The molecule has 0 bridgehead atoms. The maximum absolute atomic E-state index is 5.78. The number of nitrogens with zero attached hydrogens (tertiary/aromatic N) is 4. The number of fused-ring (bicyclic) bond motifs is 1. The van der Waals surface area contributed by atoms with Gasteiger partial charge in [-0.15, -0.1) is 10.2 Å². The highest BCUT2D eigenvalue weighted by molar-refractivity contribution is 7.07. The number of aromatic nitrogens is 3. The second-order valence-electron chi connectivity index (χ2n) is 5.79. The highest BCUT2D eigenvalue weighted by Crippen LogP contribution is 2.28. The molecular formula is C15H20N4OS. The van der Waals surface area contributed by atoms with E-state index in [9.17, 15) is 0 Å². The third-order valence-electron chi connectivity index (χ3n) is 4.35. The van der Waals surface area contributed by atoms with Gasteiger partial charge in [0.05, 0.1) is 0 Å². The molecule has 21 heavy (non-hydrogen) atoms. The molecule has 112 valence electrons. The van der Waals surface area contributed by atoms with Crippen molar-refractivity contribution in [2.75, 3.05) is 19.7 Å². The lowest BCUT2D eigenvalue weighted by atomic mass is 10.2. The molecule has 5 nitrogen and oxygen atoms in total. The van der Waals surface area contributed by atoms with E-state index in [1.807, 2.05) is 0 Å². The van der Waals surface area contributed by atoms with Gasteiger partial charge >= 0.3 is 0 Å². The predicted octanol–water partition coefficient (Wildman–Crippen LogP) is 2.25. The molecule has 4 heterocycles. The summed E-state index contributed by atoms with van der Waals surface area (Å²) >= 11 is 1.77. The van der Waals surface area contributed by atoms with Gasteiger partial charge in [-0.2, -0.15) is 11.3 Å². The van der Waals surface area contributed by atoms with E-state index in [1.165, 1.54) is 5.56 Å². The largest absolute Gasteiger partial charge is 0.370 e. The number of ether oxygens (including phenoxy) is 1. The average molecular weight is 304 g/mol. The van der Waals surface area contributed by atoms with E-state index in [1.54, 1.807) is 11.3 Å². The molecule has 1 atom stereocenters. The predicted molar refractivity (Wildman–Crippen MR) is 81.2 cm³/mol. The van der Waals surface area contributed by atoms with E-state index in [0.717, 1.165) is 63.7 Å². The first kappa shape index (κ1) is 13.4. The Labute approximate surface area is 128 Å². The van der Waals surface area contributed by atoms with Gasteiger partial charge in [0.1, 0.15) is 11.9 Å². The summed E-state index contributed by atoms with van der Waals surface area (Å²) in [6.07, 6.45) is 3.35. The zero-order valence-corrected chi connectivity index (χ0v) is 12.9. The van der Waals surface area contributed by atoms with Gasteiger partial charge in [-0.1, -0.05) is 0 Å². The lowest BCUT2D eigenvalue weighted by Gasteiger charge is -2.19. The Hall–Kier alpha value is -1.24. The van der Waals surface area contributed by atoms with Crippen LogP contribution in [0.1, 0.15) is 36.2 Å². The van der Waals surface area contributed by atoms with Crippen LogP contribution in [-0.4, -0.2) is 39.4 Å². The monoisotopic (exact) mass is 304 g/mol. The lowest BCUT2D eigenvalue weighted by molar-refractivity contribution is 0.101. The molecule has 0 amide bonds. The molecule has 2 aromatic rings. The van der Waals surface area contributed by atoms with E-state index in [4.69, 9.17) is 4.74 Å². The molecule has 0 saturated carbocycles. The number of rotatable bonds is 3. The van der Waals surface area contributed by atoms with Crippen LogP contribution in [-0.2, 0) is 24.2 Å². The third kappa shape index (κ3) is 2.75. The van der Waals surface area contributed by atoms with Crippen LogP contribution in [0.15, 0.2) is 16.8 Å². The van der Waals surface area contributed by atoms with Crippen LogP contribution in [0.5, 0.6) is 0 Å². The Morgan fingerprint density at radius 3 is 3.10 bits per heavy atom. The molecule has 1 saturated heterocycles. The van der Waals surface area contributed by atoms with E-state index < -0.39 is 0 Å². The fourth-order valence-electron chi connectivity index (χ4n) is 3.21. The van der Waals surface area contributed by atoms with Crippen molar-refractivity contribution in [2.24, 2.45) is 0 Å². The summed E-state index contributed by atoms with van der Waals surface area (Å²) in [5.74, 6) is 2.16. The molecule has 6 heteroatoms. The summed E-state index contributed by atoms with van der Waals surface area (Å²) in [5, 5.41) is 13.2. The third-order valence-corrected chi connectivity index (χ3v) is 5.08. The summed E-state index contributed by atoms with van der Waals surface area (Å²) in [4.78, 5) is 2.51. The standard InChI is InChI=1S/C15H20N4OS/c1-2-13(20-8-1)15-17-16-14-3-5-18(6-7-19(14)15)10-12-4-9-21-11-12/h4,9,11,13H,1-3,5-8,10H2/t13-/m1/s1. The van der Waals surface area contributed by atoms with Crippen molar-refractivity contribution in [3.8, 4) is 0 Å². The van der Waals surface area contributed by atoms with Gasteiger partial charge in [0, 0.05) is 39.2 Å². The summed E-state index contributed by atoms with van der Waals surface area (Å²) in [6, 6.07) is 2.22.